The van der Waals surface area contributed by atoms with Gasteiger partial charge in [-0.05, 0) is 32.4 Å². The van der Waals surface area contributed by atoms with E-state index in [2.05, 4.69) is 18.7 Å². The summed E-state index contributed by atoms with van der Waals surface area (Å²) in [4.78, 5) is 15.3. The third-order valence-corrected chi connectivity index (χ3v) is 3.71. The summed E-state index contributed by atoms with van der Waals surface area (Å²) in [5, 5.41) is 0. The molecule has 1 saturated heterocycles. The van der Waals surface area contributed by atoms with Gasteiger partial charge in [0.2, 0.25) is 5.91 Å². The van der Waals surface area contributed by atoms with Crippen molar-refractivity contribution in [1.82, 2.24) is 9.80 Å². The molecular weight excluding hydrogens is 269 g/mol. The van der Waals surface area contributed by atoms with Crippen LogP contribution >= 0.6 is 0 Å². The molecule has 4 nitrogen and oxygen atoms in total. The van der Waals surface area contributed by atoms with Crippen molar-refractivity contribution in [3.8, 4) is 0 Å². The number of anilines is 1. The topological polar surface area (TPSA) is 49.6 Å². The minimum atomic E-state index is -0.308. The van der Waals surface area contributed by atoms with Crippen molar-refractivity contribution < 1.29 is 9.18 Å². The molecule has 1 aliphatic heterocycles. The van der Waals surface area contributed by atoms with Crippen LogP contribution in [0.5, 0.6) is 0 Å². The summed E-state index contributed by atoms with van der Waals surface area (Å²) in [6.07, 6.45) is 0. The molecule has 0 spiro atoms. The summed E-state index contributed by atoms with van der Waals surface area (Å²) in [7, 11) is 0. The molecule has 1 aliphatic rings. The van der Waals surface area contributed by atoms with Gasteiger partial charge in [0.25, 0.3) is 0 Å². The van der Waals surface area contributed by atoms with Gasteiger partial charge in [-0.1, -0.05) is 12.1 Å². The fourth-order valence-electron chi connectivity index (χ4n) is 2.22. The number of amides is 1. The van der Waals surface area contributed by atoms with Crippen molar-refractivity contribution in [3.05, 3.63) is 29.6 Å². The zero-order valence-corrected chi connectivity index (χ0v) is 13.4. The van der Waals surface area contributed by atoms with Gasteiger partial charge in [0.15, 0.2) is 0 Å². The number of nitrogens with two attached hydrogens (primary N) is 1. The molecule has 1 amide bonds. The summed E-state index contributed by atoms with van der Waals surface area (Å²) in [6, 6.07) is 5.57. The molecule has 1 aromatic carbocycles. The predicted octanol–water partition coefficient (Wildman–Crippen LogP) is 2.28. The lowest BCUT2D eigenvalue weighted by Crippen LogP contribution is -2.50. The molecule has 0 aromatic heterocycles. The Bertz CT molecular complexity index is 448. The molecule has 0 saturated carbocycles. The molecule has 1 heterocycles. The monoisotopic (exact) mass is 295 g/mol. The van der Waals surface area contributed by atoms with Gasteiger partial charge in [-0.3, -0.25) is 9.69 Å². The molecule has 2 rings (SSSR count). The molecule has 0 bridgehead atoms. The van der Waals surface area contributed by atoms with E-state index in [0.29, 0.717) is 11.6 Å². The number of piperazine rings is 1. The average Bonchev–Trinajstić information content (AvgIpc) is 2.45. The normalized spacial score (nSPS) is 15.6. The second kappa shape index (κ2) is 7.98. The van der Waals surface area contributed by atoms with Gasteiger partial charge >= 0.3 is 0 Å². The van der Waals surface area contributed by atoms with E-state index in [9.17, 15) is 9.18 Å². The van der Waals surface area contributed by atoms with Gasteiger partial charge in [-0.25, -0.2) is 4.39 Å². The molecule has 2 N–H and O–H groups in total. The first-order valence-corrected chi connectivity index (χ1v) is 7.33. The Hall–Kier alpha value is -1.62. The number of nitrogen functional groups attached to an aromatic ring is 1. The first-order valence-electron chi connectivity index (χ1n) is 7.33. The van der Waals surface area contributed by atoms with Gasteiger partial charge in [-0.2, -0.15) is 0 Å². The van der Waals surface area contributed by atoms with E-state index in [4.69, 9.17) is 5.73 Å². The minimum absolute atomic E-state index is 0.207. The van der Waals surface area contributed by atoms with Crippen molar-refractivity contribution >= 4 is 11.6 Å². The van der Waals surface area contributed by atoms with E-state index in [0.717, 1.165) is 26.2 Å². The molecule has 5 heteroatoms. The average molecular weight is 295 g/mol. The summed E-state index contributed by atoms with van der Waals surface area (Å²) in [6.45, 7) is 11.6. The zero-order valence-electron chi connectivity index (χ0n) is 13.4. The maximum atomic E-state index is 12.6. The van der Waals surface area contributed by atoms with Gasteiger partial charge in [0.05, 0.1) is 5.69 Å². The highest BCUT2D eigenvalue weighted by atomic mass is 19.1. The Kier molecular flexibility index (Phi) is 6.62. The van der Waals surface area contributed by atoms with Gasteiger partial charge < -0.3 is 10.6 Å². The lowest BCUT2D eigenvalue weighted by molar-refractivity contribution is -0.130. The van der Waals surface area contributed by atoms with Crippen LogP contribution in [0.3, 0.4) is 0 Å². The van der Waals surface area contributed by atoms with E-state index in [1.165, 1.54) is 0 Å². The number of carbonyl (C=O) groups is 1. The van der Waals surface area contributed by atoms with Crippen LogP contribution in [0.2, 0.25) is 0 Å². The number of halogens is 1. The van der Waals surface area contributed by atoms with Crippen molar-refractivity contribution in [2.24, 2.45) is 0 Å². The fraction of sp³-hybridized carbons (Fsp3) is 0.562. The quantitative estimate of drug-likeness (QED) is 0.809. The molecular formula is C16H26FN3O. The molecule has 0 aliphatic carbocycles. The number of carbonyl (C=O) groups excluding carboxylic acids is 1. The van der Waals surface area contributed by atoms with Crippen LogP contribution in [0, 0.1) is 12.7 Å². The van der Waals surface area contributed by atoms with Crippen LogP contribution in [0.1, 0.15) is 26.3 Å². The van der Waals surface area contributed by atoms with E-state index in [-0.39, 0.29) is 17.4 Å². The largest absolute Gasteiger partial charge is 0.396 e. The second-order valence-electron chi connectivity index (χ2n) is 5.61. The van der Waals surface area contributed by atoms with Crippen molar-refractivity contribution in [2.45, 2.75) is 33.7 Å². The van der Waals surface area contributed by atoms with E-state index in [1.54, 1.807) is 32.0 Å². The lowest BCUT2D eigenvalue weighted by atomic mass is 10.2. The number of aryl methyl sites for hydroxylation is 1. The Balaban J connectivity index is 0.000000219. The predicted molar refractivity (Wildman–Crippen MR) is 84.5 cm³/mol. The lowest BCUT2D eigenvalue weighted by Gasteiger charge is -2.36. The van der Waals surface area contributed by atoms with Crippen LogP contribution in [0.25, 0.3) is 0 Å². The standard InChI is InChI=1S/C9H18N2O.C7H8FN/c1-8(2)10-4-6-11(7-5-10)9(3)12;1-5-3-2-4-6(9)7(5)8/h8H,4-7H2,1-3H3;2-4H,9H2,1H3. The SMILES string of the molecule is CC(=O)N1CCN(C(C)C)CC1.Cc1cccc(N)c1F. The highest BCUT2D eigenvalue weighted by Gasteiger charge is 2.19. The first kappa shape index (κ1) is 17.4. The van der Waals surface area contributed by atoms with Gasteiger partial charge in [-0.15, -0.1) is 0 Å². The Labute approximate surface area is 126 Å². The maximum Gasteiger partial charge on any atom is 0.219 e. The number of benzene rings is 1. The Morgan fingerprint density at radius 2 is 1.81 bits per heavy atom. The van der Waals surface area contributed by atoms with E-state index < -0.39 is 0 Å². The third kappa shape index (κ3) is 5.34. The summed E-state index contributed by atoms with van der Waals surface area (Å²) in [5.74, 6) is -0.101. The number of nitrogens with zero attached hydrogens (tertiary/aromatic N) is 2. The molecule has 21 heavy (non-hydrogen) atoms. The maximum absolute atomic E-state index is 12.6. The number of hydrogen-bond acceptors (Lipinski definition) is 3. The molecule has 118 valence electrons. The second-order valence-corrected chi connectivity index (χ2v) is 5.61. The molecule has 0 unspecified atom stereocenters. The minimum Gasteiger partial charge on any atom is -0.396 e. The Morgan fingerprint density at radius 3 is 2.19 bits per heavy atom. The van der Waals surface area contributed by atoms with Crippen molar-refractivity contribution in [3.63, 3.8) is 0 Å². The molecule has 1 aromatic rings. The highest BCUT2D eigenvalue weighted by Crippen LogP contribution is 2.12. The number of hydrogen-bond donors (Lipinski definition) is 1. The van der Waals surface area contributed by atoms with Crippen LogP contribution < -0.4 is 5.73 Å². The van der Waals surface area contributed by atoms with Crippen LogP contribution in [0.4, 0.5) is 10.1 Å². The van der Waals surface area contributed by atoms with Crippen molar-refractivity contribution in [1.29, 1.82) is 0 Å². The van der Waals surface area contributed by atoms with Crippen molar-refractivity contribution in [2.75, 3.05) is 31.9 Å². The summed E-state index contributed by atoms with van der Waals surface area (Å²) in [5.41, 5.74) is 6.06. The highest BCUT2D eigenvalue weighted by molar-refractivity contribution is 5.73. The summed E-state index contributed by atoms with van der Waals surface area (Å²) >= 11 is 0. The van der Waals surface area contributed by atoms with Crippen LogP contribution in [-0.4, -0.2) is 47.9 Å². The van der Waals surface area contributed by atoms with E-state index in [1.807, 2.05) is 4.90 Å². The fourth-order valence-corrected chi connectivity index (χ4v) is 2.22. The number of rotatable bonds is 1. The molecule has 1 fully saturated rings. The zero-order chi connectivity index (χ0) is 16.0. The van der Waals surface area contributed by atoms with Gasteiger partial charge in [0.1, 0.15) is 5.82 Å². The van der Waals surface area contributed by atoms with E-state index >= 15 is 0 Å². The van der Waals surface area contributed by atoms with Crippen LogP contribution in [0.15, 0.2) is 18.2 Å². The Morgan fingerprint density at radius 1 is 1.24 bits per heavy atom. The molecule has 0 atom stereocenters. The smallest absolute Gasteiger partial charge is 0.219 e. The summed E-state index contributed by atoms with van der Waals surface area (Å²) < 4.78 is 12.6. The third-order valence-electron chi connectivity index (χ3n) is 3.71. The first-order chi connectivity index (χ1) is 9.82. The van der Waals surface area contributed by atoms with Gasteiger partial charge in [0, 0.05) is 39.1 Å². The van der Waals surface area contributed by atoms with Crippen LogP contribution in [-0.2, 0) is 4.79 Å². The molecule has 0 radical (unpaired) electrons.